The first-order valence-corrected chi connectivity index (χ1v) is 9.87. The molecule has 0 bridgehead atoms. The molecule has 2 N–H and O–H groups in total. The lowest BCUT2D eigenvalue weighted by Gasteiger charge is -2.35. The largest absolute Gasteiger partial charge is 0.360 e. The Bertz CT molecular complexity index is 871. The van der Waals surface area contributed by atoms with Gasteiger partial charge in [-0.15, -0.1) is 0 Å². The lowest BCUT2D eigenvalue weighted by Crippen LogP contribution is -2.48. The van der Waals surface area contributed by atoms with Gasteiger partial charge in [0.05, 0.1) is 6.54 Å². The predicted molar refractivity (Wildman–Crippen MR) is 114 cm³/mol. The minimum Gasteiger partial charge on any atom is -0.360 e. The third-order valence-corrected chi connectivity index (χ3v) is 5.41. The fraction of sp³-hybridized carbons (Fsp3) is 0.391. The van der Waals surface area contributed by atoms with Gasteiger partial charge >= 0.3 is 0 Å². The normalized spacial score (nSPS) is 14.2. The van der Waals surface area contributed by atoms with Gasteiger partial charge in [0, 0.05) is 17.9 Å². The molecule has 2 aromatic rings. The highest BCUT2D eigenvalue weighted by molar-refractivity contribution is 5.96. The van der Waals surface area contributed by atoms with Crippen molar-refractivity contribution in [2.45, 2.75) is 46.6 Å². The first-order chi connectivity index (χ1) is 13.4. The first kappa shape index (κ1) is 19.9. The lowest BCUT2D eigenvalue weighted by atomic mass is 9.98. The van der Waals surface area contributed by atoms with Crippen molar-refractivity contribution in [2.24, 2.45) is 0 Å². The zero-order valence-electron chi connectivity index (χ0n) is 17.1. The van der Waals surface area contributed by atoms with E-state index in [1.165, 1.54) is 11.1 Å². The number of anilines is 2. The molecule has 0 fully saturated rings. The van der Waals surface area contributed by atoms with E-state index in [0.717, 1.165) is 41.9 Å². The number of rotatable bonds is 5. The smallest absolute Gasteiger partial charge is 0.243 e. The molecule has 5 heteroatoms. The second-order valence-electron chi connectivity index (χ2n) is 7.64. The topological polar surface area (TPSA) is 61.4 Å². The Labute approximate surface area is 167 Å². The molecule has 3 rings (SSSR count). The van der Waals surface area contributed by atoms with E-state index in [1.54, 1.807) is 0 Å². The number of para-hydroxylation sites is 1. The fourth-order valence-corrected chi connectivity index (χ4v) is 3.81. The van der Waals surface area contributed by atoms with Crippen molar-refractivity contribution in [1.82, 2.24) is 5.32 Å². The van der Waals surface area contributed by atoms with Crippen molar-refractivity contribution in [3.63, 3.8) is 0 Å². The monoisotopic (exact) mass is 379 g/mol. The number of amides is 2. The molecular weight excluding hydrogens is 350 g/mol. The van der Waals surface area contributed by atoms with Crippen molar-refractivity contribution in [1.29, 1.82) is 0 Å². The van der Waals surface area contributed by atoms with Gasteiger partial charge in [-0.2, -0.15) is 0 Å². The van der Waals surface area contributed by atoms with Crippen LogP contribution in [0.3, 0.4) is 0 Å². The number of hydrogen-bond donors (Lipinski definition) is 2. The van der Waals surface area contributed by atoms with Crippen LogP contribution in [0.5, 0.6) is 0 Å². The highest BCUT2D eigenvalue weighted by Crippen LogP contribution is 2.29. The maximum atomic E-state index is 12.7. The number of fused-ring (bicyclic) bond motifs is 1. The van der Waals surface area contributed by atoms with Gasteiger partial charge in [0.1, 0.15) is 6.04 Å². The van der Waals surface area contributed by atoms with Gasteiger partial charge in [-0.3, -0.25) is 9.59 Å². The van der Waals surface area contributed by atoms with Crippen molar-refractivity contribution < 1.29 is 9.59 Å². The number of nitrogens with zero attached hydrogens (tertiary/aromatic N) is 1. The maximum absolute atomic E-state index is 12.7. The highest BCUT2D eigenvalue weighted by Gasteiger charge is 2.26. The van der Waals surface area contributed by atoms with Gasteiger partial charge in [0.15, 0.2) is 0 Å². The molecule has 1 heterocycles. The van der Waals surface area contributed by atoms with E-state index in [4.69, 9.17) is 0 Å². The molecule has 148 valence electrons. The predicted octanol–water partition coefficient (Wildman–Crippen LogP) is 3.51. The fourth-order valence-electron chi connectivity index (χ4n) is 3.81. The van der Waals surface area contributed by atoms with Crippen LogP contribution in [-0.2, 0) is 16.0 Å². The Kier molecular flexibility index (Phi) is 6.02. The quantitative estimate of drug-likeness (QED) is 0.836. The summed E-state index contributed by atoms with van der Waals surface area (Å²) in [7, 11) is 0. The Morgan fingerprint density at radius 1 is 1.11 bits per heavy atom. The van der Waals surface area contributed by atoms with Crippen LogP contribution >= 0.6 is 0 Å². The van der Waals surface area contributed by atoms with Crippen molar-refractivity contribution in [3.05, 3.63) is 58.7 Å². The Morgan fingerprint density at radius 2 is 1.82 bits per heavy atom. The van der Waals surface area contributed by atoms with Crippen LogP contribution in [0.15, 0.2) is 36.4 Å². The molecule has 2 amide bonds. The summed E-state index contributed by atoms with van der Waals surface area (Å²) in [6.07, 6.45) is 2.07. The van der Waals surface area contributed by atoms with Gasteiger partial charge in [-0.1, -0.05) is 35.9 Å². The van der Waals surface area contributed by atoms with Crippen molar-refractivity contribution in [2.75, 3.05) is 23.3 Å². The Balaban J connectivity index is 1.60. The number of aryl methyl sites for hydroxylation is 4. The van der Waals surface area contributed by atoms with Gasteiger partial charge in [-0.05, 0) is 63.3 Å². The molecule has 0 spiro atoms. The molecule has 0 radical (unpaired) electrons. The van der Waals surface area contributed by atoms with Gasteiger partial charge < -0.3 is 15.5 Å². The van der Waals surface area contributed by atoms with E-state index in [-0.39, 0.29) is 24.4 Å². The summed E-state index contributed by atoms with van der Waals surface area (Å²) in [4.78, 5) is 27.1. The molecule has 1 atom stereocenters. The summed E-state index contributed by atoms with van der Waals surface area (Å²) < 4.78 is 0. The SMILES string of the molecule is Cc1ccc2c(c1)CCCN2[C@@H](C)C(=O)NCC(=O)Nc1c(C)cccc1C. The number of hydrogen-bond acceptors (Lipinski definition) is 3. The molecule has 0 unspecified atom stereocenters. The van der Waals surface area contributed by atoms with Crippen LogP contribution in [0.4, 0.5) is 11.4 Å². The van der Waals surface area contributed by atoms with Gasteiger partial charge in [0.2, 0.25) is 11.8 Å². The van der Waals surface area contributed by atoms with Crippen LogP contribution < -0.4 is 15.5 Å². The minimum atomic E-state index is -0.324. The third-order valence-electron chi connectivity index (χ3n) is 5.41. The second-order valence-corrected chi connectivity index (χ2v) is 7.64. The summed E-state index contributed by atoms with van der Waals surface area (Å²) in [5.41, 5.74) is 6.48. The molecule has 1 aliphatic heterocycles. The third kappa shape index (κ3) is 4.35. The molecule has 28 heavy (non-hydrogen) atoms. The van der Waals surface area contributed by atoms with Gasteiger partial charge in [0.25, 0.3) is 0 Å². The van der Waals surface area contributed by atoms with Crippen LogP contribution in [0.25, 0.3) is 0 Å². The highest BCUT2D eigenvalue weighted by atomic mass is 16.2. The van der Waals surface area contributed by atoms with Crippen LogP contribution in [0.1, 0.15) is 35.6 Å². The van der Waals surface area contributed by atoms with E-state index in [9.17, 15) is 9.59 Å². The number of carbonyl (C=O) groups excluding carboxylic acids is 2. The lowest BCUT2D eigenvalue weighted by molar-refractivity contribution is -0.124. The minimum absolute atomic E-state index is 0.0362. The van der Waals surface area contributed by atoms with Crippen LogP contribution in [0, 0.1) is 20.8 Å². The molecule has 0 aliphatic carbocycles. The van der Waals surface area contributed by atoms with Crippen LogP contribution in [-0.4, -0.2) is 30.9 Å². The Morgan fingerprint density at radius 3 is 2.54 bits per heavy atom. The van der Waals surface area contributed by atoms with Crippen LogP contribution in [0.2, 0.25) is 0 Å². The molecule has 0 saturated heterocycles. The molecule has 0 saturated carbocycles. The van der Waals surface area contributed by atoms with E-state index in [2.05, 4.69) is 40.7 Å². The van der Waals surface area contributed by atoms with E-state index in [0.29, 0.717) is 0 Å². The number of carbonyl (C=O) groups is 2. The van der Waals surface area contributed by atoms with Crippen molar-refractivity contribution >= 4 is 23.2 Å². The Hall–Kier alpha value is -2.82. The van der Waals surface area contributed by atoms with E-state index >= 15 is 0 Å². The average Bonchev–Trinajstić information content (AvgIpc) is 2.67. The molecule has 2 aromatic carbocycles. The maximum Gasteiger partial charge on any atom is 0.243 e. The summed E-state index contributed by atoms with van der Waals surface area (Å²) in [6.45, 7) is 8.71. The van der Waals surface area contributed by atoms with E-state index < -0.39 is 0 Å². The summed E-state index contributed by atoms with van der Waals surface area (Å²) in [5.74, 6) is -0.349. The standard InChI is InChI=1S/C23H29N3O2/c1-15-10-11-20-19(13-15)9-6-12-26(20)18(4)23(28)24-14-21(27)25-22-16(2)7-5-8-17(22)3/h5,7-8,10-11,13,18H,6,9,12,14H2,1-4H3,(H,24,28)(H,25,27)/t18-/m0/s1. The summed E-state index contributed by atoms with van der Waals surface area (Å²) in [5, 5.41) is 5.70. The molecule has 1 aliphatic rings. The summed E-state index contributed by atoms with van der Waals surface area (Å²) in [6, 6.07) is 11.9. The van der Waals surface area contributed by atoms with Crippen molar-refractivity contribution in [3.8, 4) is 0 Å². The zero-order chi connectivity index (χ0) is 20.3. The van der Waals surface area contributed by atoms with E-state index in [1.807, 2.05) is 39.0 Å². The number of nitrogens with one attached hydrogen (secondary N) is 2. The molecular formula is C23H29N3O2. The zero-order valence-corrected chi connectivity index (χ0v) is 17.1. The molecule has 5 nitrogen and oxygen atoms in total. The molecule has 0 aromatic heterocycles. The second kappa shape index (κ2) is 8.46. The first-order valence-electron chi connectivity index (χ1n) is 9.87. The average molecular weight is 380 g/mol. The number of benzene rings is 2. The summed E-state index contributed by atoms with van der Waals surface area (Å²) >= 11 is 0. The van der Waals surface area contributed by atoms with Gasteiger partial charge in [-0.25, -0.2) is 0 Å².